The van der Waals surface area contributed by atoms with Crippen molar-refractivity contribution < 1.29 is 14.3 Å². The third kappa shape index (κ3) is 4.46. The molecule has 0 N–H and O–H groups in total. The first-order chi connectivity index (χ1) is 14.5. The first-order valence-electron chi connectivity index (χ1n) is 10.1. The molecular formula is C23H25N3O3S. The van der Waals surface area contributed by atoms with Crippen molar-refractivity contribution >= 4 is 23.2 Å². The molecule has 0 unspecified atom stereocenters. The zero-order chi connectivity index (χ0) is 21.1. The van der Waals surface area contributed by atoms with Crippen molar-refractivity contribution in [3.8, 4) is 5.69 Å². The Bertz CT molecular complexity index is 1020. The minimum Gasteiger partial charge on any atom is -0.461 e. The van der Waals surface area contributed by atoms with Crippen LogP contribution in [-0.4, -0.2) is 39.6 Å². The smallest absolute Gasteiger partial charge is 0.309 e. The number of hydrogen-bond donors (Lipinski definition) is 0. The summed E-state index contributed by atoms with van der Waals surface area (Å²) in [6.45, 7) is 5.43. The first kappa shape index (κ1) is 20.3. The van der Waals surface area contributed by atoms with Gasteiger partial charge in [0, 0.05) is 18.8 Å². The molecule has 1 saturated heterocycles. The van der Waals surface area contributed by atoms with Crippen LogP contribution in [0.1, 0.15) is 39.5 Å². The molecule has 0 radical (unpaired) electrons. The fraction of sp³-hybridized carbons (Fsp3) is 0.348. The van der Waals surface area contributed by atoms with Crippen LogP contribution in [0, 0.1) is 19.8 Å². The van der Waals surface area contributed by atoms with Gasteiger partial charge in [0.2, 0.25) is 0 Å². The molecule has 1 aromatic carbocycles. The third-order valence-corrected chi connectivity index (χ3v) is 6.28. The second kappa shape index (κ2) is 8.83. The van der Waals surface area contributed by atoms with Gasteiger partial charge in [0.25, 0.3) is 5.91 Å². The van der Waals surface area contributed by atoms with E-state index in [0.29, 0.717) is 25.9 Å². The Balaban J connectivity index is 1.27. The van der Waals surface area contributed by atoms with Crippen LogP contribution in [0.3, 0.4) is 0 Å². The number of rotatable bonds is 5. The molecular weight excluding hydrogens is 398 g/mol. The molecule has 3 aromatic rings. The van der Waals surface area contributed by atoms with Crippen LogP contribution >= 0.6 is 11.3 Å². The molecule has 1 aliphatic rings. The van der Waals surface area contributed by atoms with Crippen LogP contribution in [0.15, 0.2) is 47.8 Å². The standard InChI is InChI=1S/C23H25N3O3S/c1-16-14-17(2)26(24-16)20-7-5-18(6-8-20)15-29-23(28)19-9-11-25(12-10-19)22(27)21-4-3-13-30-21/h3-8,13-14,19H,9-12,15H2,1-2H3. The number of aryl methyl sites for hydroxylation is 2. The van der Waals surface area contributed by atoms with Gasteiger partial charge in [-0.2, -0.15) is 5.10 Å². The lowest BCUT2D eigenvalue weighted by molar-refractivity contribution is -0.151. The van der Waals surface area contributed by atoms with E-state index in [1.54, 1.807) is 0 Å². The topological polar surface area (TPSA) is 64.4 Å². The van der Waals surface area contributed by atoms with E-state index < -0.39 is 0 Å². The maximum Gasteiger partial charge on any atom is 0.309 e. The number of carbonyl (C=O) groups excluding carboxylic acids is 2. The van der Waals surface area contributed by atoms with E-state index >= 15 is 0 Å². The highest BCUT2D eigenvalue weighted by Gasteiger charge is 2.29. The predicted octanol–water partition coefficient (Wildman–Crippen LogP) is 4.15. The number of aromatic nitrogens is 2. The lowest BCUT2D eigenvalue weighted by atomic mass is 9.97. The molecule has 30 heavy (non-hydrogen) atoms. The van der Waals surface area contributed by atoms with Crippen LogP contribution in [0.5, 0.6) is 0 Å². The molecule has 4 rings (SSSR count). The van der Waals surface area contributed by atoms with E-state index in [1.807, 2.05) is 71.3 Å². The van der Waals surface area contributed by atoms with Gasteiger partial charge in [0.05, 0.1) is 22.2 Å². The molecule has 0 spiro atoms. The zero-order valence-corrected chi connectivity index (χ0v) is 18.0. The Labute approximate surface area is 180 Å². The van der Waals surface area contributed by atoms with E-state index in [9.17, 15) is 9.59 Å². The number of thiophene rings is 1. The normalized spacial score (nSPS) is 14.7. The summed E-state index contributed by atoms with van der Waals surface area (Å²) < 4.78 is 7.45. The molecule has 3 heterocycles. The number of hydrogen-bond acceptors (Lipinski definition) is 5. The third-order valence-electron chi connectivity index (χ3n) is 5.42. The van der Waals surface area contributed by atoms with Gasteiger partial charge in [0.15, 0.2) is 0 Å². The second-order valence-corrected chi connectivity index (χ2v) is 8.60. The molecule has 1 fully saturated rings. The Hall–Kier alpha value is -2.93. The minimum atomic E-state index is -0.180. The summed E-state index contributed by atoms with van der Waals surface area (Å²) in [7, 11) is 0. The summed E-state index contributed by atoms with van der Waals surface area (Å²) in [5.41, 5.74) is 3.99. The lowest BCUT2D eigenvalue weighted by Crippen LogP contribution is -2.40. The van der Waals surface area contributed by atoms with Gasteiger partial charge in [-0.05, 0) is 61.9 Å². The molecule has 7 heteroatoms. The number of likely N-dealkylation sites (tertiary alicyclic amines) is 1. The van der Waals surface area contributed by atoms with Crippen molar-refractivity contribution in [2.45, 2.75) is 33.3 Å². The van der Waals surface area contributed by atoms with Crippen LogP contribution in [0.25, 0.3) is 5.69 Å². The van der Waals surface area contributed by atoms with Gasteiger partial charge in [-0.25, -0.2) is 4.68 Å². The van der Waals surface area contributed by atoms with Crippen molar-refractivity contribution in [1.29, 1.82) is 0 Å². The van der Waals surface area contributed by atoms with E-state index in [-0.39, 0.29) is 24.4 Å². The minimum absolute atomic E-state index is 0.0551. The van der Waals surface area contributed by atoms with E-state index in [2.05, 4.69) is 5.10 Å². The molecule has 2 aromatic heterocycles. The number of carbonyl (C=O) groups is 2. The summed E-state index contributed by atoms with van der Waals surface area (Å²) in [4.78, 5) is 27.5. The maximum atomic E-state index is 12.5. The zero-order valence-electron chi connectivity index (χ0n) is 17.2. The number of esters is 1. The average molecular weight is 424 g/mol. The highest BCUT2D eigenvalue weighted by molar-refractivity contribution is 7.12. The molecule has 1 aliphatic heterocycles. The molecule has 156 valence electrons. The molecule has 0 bridgehead atoms. The van der Waals surface area contributed by atoms with Gasteiger partial charge in [0.1, 0.15) is 6.61 Å². The van der Waals surface area contributed by atoms with Gasteiger partial charge in [-0.15, -0.1) is 11.3 Å². The van der Waals surface area contributed by atoms with E-state index in [4.69, 9.17) is 4.74 Å². The maximum absolute atomic E-state index is 12.5. The summed E-state index contributed by atoms with van der Waals surface area (Å²) in [5.74, 6) is -0.272. The summed E-state index contributed by atoms with van der Waals surface area (Å²) in [6, 6.07) is 13.6. The summed E-state index contributed by atoms with van der Waals surface area (Å²) in [6.07, 6.45) is 1.29. The van der Waals surface area contributed by atoms with Gasteiger partial charge in [-0.1, -0.05) is 18.2 Å². The van der Waals surface area contributed by atoms with Crippen molar-refractivity contribution in [1.82, 2.24) is 14.7 Å². The van der Waals surface area contributed by atoms with Crippen LogP contribution in [-0.2, 0) is 16.1 Å². The number of nitrogens with zero attached hydrogens (tertiary/aromatic N) is 3. The summed E-state index contributed by atoms with van der Waals surface area (Å²) >= 11 is 1.45. The largest absolute Gasteiger partial charge is 0.461 e. The molecule has 0 saturated carbocycles. The predicted molar refractivity (Wildman–Crippen MR) is 116 cm³/mol. The van der Waals surface area contributed by atoms with Crippen LogP contribution < -0.4 is 0 Å². The fourth-order valence-corrected chi connectivity index (χ4v) is 4.46. The van der Waals surface area contributed by atoms with Crippen molar-refractivity contribution in [3.05, 3.63) is 69.7 Å². The molecule has 6 nitrogen and oxygen atoms in total. The molecule has 0 aliphatic carbocycles. The monoisotopic (exact) mass is 423 g/mol. The number of benzene rings is 1. The van der Waals surface area contributed by atoms with Crippen LogP contribution in [0.4, 0.5) is 0 Å². The van der Waals surface area contributed by atoms with Crippen molar-refractivity contribution in [3.63, 3.8) is 0 Å². The Morgan fingerprint density at radius 1 is 1.13 bits per heavy atom. The Morgan fingerprint density at radius 2 is 1.87 bits per heavy atom. The van der Waals surface area contributed by atoms with E-state index in [0.717, 1.165) is 27.5 Å². The number of amides is 1. The van der Waals surface area contributed by atoms with Crippen LogP contribution in [0.2, 0.25) is 0 Å². The lowest BCUT2D eigenvalue weighted by Gasteiger charge is -2.30. The quantitative estimate of drug-likeness (QED) is 0.579. The van der Waals surface area contributed by atoms with E-state index in [1.165, 1.54) is 11.3 Å². The molecule has 1 amide bonds. The fourth-order valence-electron chi connectivity index (χ4n) is 3.77. The second-order valence-electron chi connectivity index (χ2n) is 7.66. The first-order valence-corrected chi connectivity index (χ1v) is 11.0. The highest BCUT2D eigenvalue weighted by atomic mass is 32.1. The van der Waals surface area contributed by atoms with Gasteiger partial charge >= 0.3 is 5.97 Å². The SMILES string of the molecule is Cc1cc(C)n(-c2ccc(COC(=O)C3CCN(C(=O)c4cccs4)CC3)cc2)n1. The van der Waals surface area contributed by atoms with Gasteiger partial charge < -0.3 is 9.64 Å². The highest BCUT2D eigenvalue weighted by Crippen LogP contribution is 2.22. The molecule has 0 atom stereocenters. The summed E-state index contributed by atoms with van der Waals surface area (Å²) in [5, 5.41) is 6.39. The van der Waals surface area contributed by atoms with Crippen molar-refractivity contribution in [2.24, 2.45) is 5.92 Å². The number of ether oxygens (including phenoxy) is 1. The van der Waals surface area contributed by atoms with Gasteiger partial charge in [-0.3, -0.25) is 9.59 Å². The Morgan fingerprint density at radius 3 is 2.47 bits per heavy atom. The van der Waals surface area contributed by atoms with Crippen molar-refractivity contribution in [2.75, 3.05) is 13.1 Å². The average Bonchev–Trinajstić information content (AvgIpc) is 3.41. The Kier molecular flexibility index (Phi) is 5.99. The number of piperidine rings is 1.